The van der Waals surface area contributed by atoms with Crippen molar-refractivity contribution in [2.24, 2.45) is 0 Å². The zero-order valence-corrected chi connectivity index (χ0v) is 22.9. The number of halogens is 3. The van der Waals surface area contributed by atoms with E-state index in [1.54, 1.807) is 42.5 Å². The molecule has 0 fully saturated rings. The van der Waals surface area contributed by atoms with Crippen LogP contribution in [-0.2, 0) is 17.8 Å². The summed E-state index contributed by atoms with van der Waals surface area (Å²) in [5.41, 5.74) is 3.62. The molecule has 7 rings (SSSR count). The molecule has 208 valence electrons. The maximum absolute atomic E-state index is 14.6. The van der Waals surface area contributed by atoms with Crippen LogP contribution in [0.2, 0.25) is 5.02 Å². The zero-order valence-electron chi connectivity index (χ0n) is 22.1. The van der Waals surface area contributed by atoms with Gasteiger partial charge in [-0.2, -0.15) is 0 Å². The highest BCUT2D eigenvalue weighted by atomic mass is 35.5. The largest absolute Gasteiger partial charge is 0.497 e. The van der Waals surface area contributed by atoms with Crippen LogP contribution in [-0.4, -0.2) is 33.8 Å². The molecular formula is C32H21ClF2N4O3. The first-order valence-electron chi connectivity index (χ1n) is 13.1. The number of carbonyl (C=O) groups is 2. The number of aromatic nitrogens is 2. The fourth-order valence-corrected chi connectivity index (χ4v) is 5.98. The Labute approximate surface area is 243 Å². The van der Waals surface area contributed by atoms with Gasteiger partial charge in [-0.25, -0.2) is 23.6 Å². The highest BCUT2D eigenvalue weighted by molar-refractivity contribution is 6.31. The molecule has 10 heteroatoms. The van der Waals surface area contributed by atoms with Gasteiger partial charge in [-0.15, -0.1) is 0 Å². The SMILES string of the molecule is COc1ccc(CN2C(=O)c3ccc4cnc(N5C(=O)Cc6cc(F)ccc65)nc4c3[C@H]2c2cc(F)ccc2Cl)cc1. The van der Waals surface area contributed by atoms with E-state index in [-0.39, 0.29) is 30.7 Å². The van der Waals surface area contributed by atoms with E-state index < -0.39 is 17.7 Å². The Morgan fingerprint density at radius 1 is 0.976 bits per heavy atom. The molecule has 2 aliphatic heterocycles. The van der Waals surface area contributed by atoms with Crippen molar-refractivity contribution in [2.45, 2.75) is 19.0 Å². The number of amides is 2. The minimum Gasteiger partial charge on any atom is -0.497 e. The summed E-state index contributed by atoms with van der Waals surface area (Å²) in [5, 5.41) is 0.916. The molecule has 5 aromatic rings. The van der Waals surface area contributed by atoms with E-state index in [9.17, 15) is 18.4 Å². The van der Waals surface area contributed by atoms with Crippen molar-refractivity contribution in [3.05, 3.63) is 123 Å². The third-order valence-corrected chi connectivity index (χ3v) is 8.04. The molecule has 1 atom stereocenters. The number of fused-ring (bicyclic) bond motifs is 4. The molecule has 3 heterocycles. The van der Waals surface area contributed by atoms with Crippen LogP contribution in [0.15, 0.2) is 79.0 Å². The third kappa shape index (κ3) is 4.16. The van der Waals surface area contributed by atoms with Crippen molar-refractivity contribution < 1.29 is 23.1 Å². The summed E-state index contributed by atoms with van der Waals surface area (Å²) in [7, 11) is 1.57. The Balaban J connectivity index is 1.41. The van der Waals surface area contributed by atoms with Crippen LogP contribution in [0, 0.1) is 11.6 Å². The molecule has 0 saturated carbocycles. The molecule has 1 aromatic heterocycles. The number of hydrogen-bond acceptors (Lipinski definition) is 5. The van der Waals surface area contributed by atoms with Crippen molar-refractivity contribution in [3.63, 3.8) is 0 Å². The van der Waals surface area contributed by atoms with Gasteiger partial charge in [0, 0.05) is 39.8 Å². The van der Waals surface area contributed by atoms with Gasteiger partial charge in [0.1, 0.15) is 17.4 Å². The number of ether oxygens (including phenoxy) is 1. The predicted molar refractivity (Wildman–Crippen MR) is 153 cm³/mol. The summed E-state index contributed by atoms with van der Waals surface area (Å²) in [6.07, 6.45) is 1.59. The number of benzene rings is 4. The molecule has 0 saturated heterocycles. The van der Waals surface area contributed by atoms with Gasteiger partial charge in [0.05, 0.1) is 30.8 Å². The molecule has 0 radical (unpaired) electrons. The average Bonchev–Trinajstić information content (AvgIpc) is 3.46. The Bertz CT molecular complexity index is 1930. The third-order valence-electron chi connectivity index (χ3n) is 7.69. The van der Waals surface area contributed by atoms with E-state index in [1.807, 2.05) is 12.1 Å². The summed E-state index contributed by atoms with van der Waals surface area (Å²) in [6.45, 7) is 0.206. The Kier molecular flexibility index (Phi) is 6.13. The lowest BCUT2D eigenvalue weighted by molar-refractivity contribution is -0.116. The van der Waals surface area contributed by atoms with Crippen LogP contribution in [0.25, 0.3) is 10.9 Å². The molecule has 0 N–H and O–H groups in total. The topological polar surface area (TPSA) is 75.6 Å². The van der Waals surface area contributed by atoms with Gasteiger partial charge in [-0.05, 0) is 65.7 Å². The standard InChI is InChI=1S/C32H21ClF2N4O3/c1-42-22-7-2-17(3-8-22)16-38-30(24-14-21(35)5-10-25(24)33)28-23(31(38)41)9-4-18-15-36-32(37-29(18)28)39-26-11-6-20(34)12-19(26)13-27(39)40/h2-12,14-15,30H,13,16H2,1H3/t30-/m1/s1. The summed E-state index contributed by atoms with van der Waals surface area (Å²) in [5.74, 6) is -0.740. The van der Waals surface area contributed by atoms with Gasteiger partial charge >= 0.3 is 0 Å². The molecule has 7 nitrogen and oxygen atoms in total. The lowest BCUT2D eigenvalue weighted by Crippen LogP contribution is -2.28. The van der Waals surface area contributed by atoms with Crippen LogP contribution < -0.4 is 9.64 Å². The van der Waals surface area contributed by atoms with Gasteiger partial charge in [0.25, 0.3) is 5.91 Å². The van der Waals surface area contributed by atoms with Crippen LogP contribution in [0.3, 0.4) is 0 Å². The maximum atomic E-state index is 14.6. The fourth-order valence-electron chi connectivity index (χ4n) is 5.76. The molecule has 42 heavy (non-hydrogen) atoms. The van der Waals surface area contributed by atoms with E-state index in [0.717, 1.165) is 5.56 Å². The minimum absolute atomic E-state index is 0.0109. The Morgan fingerprint density at radius 2 is 1.74 bits per heavy atom. The number of anilines is 2. The van der Waals surface area contributed by atoms with Gasteiger partial charge < -0.3 is 9.64 Å². The quantitative estimate of drug-likeness (QED) is 0.235. The number of hydrogen-bond donors (Lipinski definition) is 0. The normalized spacial score (nSPS) is 15.9. The number of carbonyl (C=O) groups excluding carboxylic acids is 2. The Morgan fingerprint density at radius 3 is 2.52 bits per heavy atom. The average molecular weight is 583 g/mol. The number of rotatable bonds is 5. The number of methoxy groups -OCH3 is 1. The van der Waals surface area contributed by atoms with Crippen LogP contribution in [0.1, 0.15) is 38.7 Å². The maximum Gasteiger partial charge on any atom is 0.255 e. The van der Waals surface area contributed by atoms with Crippen LogP contribution in [0.5, 0.6) is 5.75 Å². The molecule has 2 amide bonds. The van der Waals surface area contributed by atoms with Gasteiger partial charge in [-0.1, -0.05) is 29.8 Å². The molecule has 0 unspecified atom stereocenters. The van der Waals surface area contributed by atoms with Crippen molar-refractivity contribution in [1.29, 1.82) is 0 Å². The first-order valence-corrected chi connectivity index (χ1v) is 13.5. The van der Waals surface area contributed by atoms with Gasteiger partial charge in [-0.3, -0.25) is 9.59 Å². The number of nitrogens with zero attached hydrogens (tertiary/aromatic N) is 4. The van der Waals surface area contributed by atoms with Crippen molar-refractivity contribution in [2.75, 3.05) is 12.0 Å². The fraction of sp³-hybridized carbons (Fsp3) is 0.125. The Hall–Kier alpha value is -4.89. The lowest BCUT2D eigenvalue weighted by atomic mass is 9.95. The van der Waals surface area contributed by atoms with Gasteiger partial charge in [0.15, 0.2) is 0 Å². The van der Waals surface area contributed by atoms with Crippen LogP contribution >= 0.6 is 11.6 Å². The zero-order chi connectivity index (χ0) is 29.1. The minimum atomic E-state index is -0.778. The monoisotopic (exact) mass is 582 g/mol. The molecule has 2 aliphatic rings. The van der Waals surface area contributed by atoms with E-state index in [4.69, 9.17) is 21.3 Å². The summed E-state index contributed by atoms with van der Waals surface area (Å²) < 4.78 is 33.8. The summed E-state index contributed by atoms with van der Waals surface area (Å²) in [6, 6.07) is 18.2. The first-order chi connectivity index (χ1) is 20.3. The van der Waals surface area contributed by atoms with Crippen molar-refractivity contribution >= 4 is 46.0 Å². The summed E-state index contributed by atoms with van der Waals surface area (Å²) >= 11 is 6.64. The van der Waals surface area contributed by atoms with E-state index in [1.165, 1.54) is 41.3 Å². The molecule has 0 bridgehead atoms. The molecular weight excluding hydrogens is 562 g/mol. The second-order valence-electron chi connectivity index (χ2n) is 10.2. The van der Waals surface area contributed by atoms with E-state index >= 15 is 0 Å². The van der Waals surface area contributed by atoms with Gasteiger partial charge in [0.2, 0.25) is 11.9 Å². The lowest BCUT2D eigenvalue weighted by Gasteiger charge is -2.27. The second kappa shape index (κ2) is 9.88. The first kappa shape index (κ1) is 26.0. The smallest absolute Gasteiger partial charge is 0.255 e. The van der Waals surface area contributed by atoms with Crippen LogP contribution in [0.4, 0.5) is 20.4 Å². The highest BCUT2D eigenvalue weighted by Crippen LogP contribution is 2.45. The molecule has 0 spiro atoms. The molecule has 4 aromatic carbocycles. The van der Waals surface area contributed by atoms with Crippen molar-refractivity contribution in [3.8, 4) is 5.75 Å². The highest BCUT2D eigenvalue weighted by Gasteiger charge is 2.41. The predicted octanol–water partition coefficient (Wildman–Crippen LogP) is 6.54. The van der Waals surface area contributed by atoms with E-state index in [2.05, 4.69) is 4.98 Å². The van der Waals surface area contributed by atoms with E-state index in [0.29, 0.717) is 49.6 Å². The van der Waals surface area contributed by atoms with Crippen molar-refractivity contribution in [1.82, 2.24) is 14.9 Å². The second-order valence-corrected chi connectivity index (χ2v) is 10.6. The molecule has 0 aliphatic carbocycles. The summed E-state index contributed by atoms with van der Waals surface area (Å²) in [4.78, 5) is 39.2.